The summed E-state index contributed by atoms with van der Waals surface area (Å²) in [6.07, 6.45) is 7.04. The summed E-state index contributed by atoms with van der Waals surface area (Å²) in [6.45, 7) is 5.94. The third-order valence-electron chi connectivity index (χ3n) is 2.98. The Morgan fingerprint density at radius 1 is 1.21 bits per heavy atom. The van der Waals surface area contributed by atoms with Gasteiger partial charge in [0.05, 0.1) is 13.2 Å². The summed E-state index contributed by atoms with van der Waals surface area (Å²) in [4.78, 5) is 0. The highest BCUT2D eigenvalue weighted by Gasteiger charge is 2.41. The molecule has 0 radical (unpaired) electrons. The SMILES string of the molecule is CC(C)/C=C1\CCCCC12OCCO2. The summed E-state index contributed by atoms with van der Waals surface area (Å²) < 4.78 is 11.6. The first kappa shape index (κ1) is 10.2. The van der Waals surface area contributed by atoms with Crippen LogP contribution in [0.1, 0.15) is 39.5 Å². The molecule has 2 aliphatic rings. The van der Waals surface area contributed by atoms with Gasteiger partial charge in [-0.1, -0.05) is 19.9 Å². The van der Waals surface area contributed by atoms with Crippen LogP contribution in [0.3, 0.4) is 0 Å². The monoisotopic (exact) mass is 196 g/mol. The van der Waals surface area contributed by atoms with Gasteiger partial charge in [0, 0.05) is 6.42 Å². The van der Waals surface area contributed by atoms with Gasteiger partial charge in [-0.05, 0) is 30.8 Å². The van der Waals surface area contributed by atoms with E-state index in [2.05, 4.69) is 19.9 Å². The first-order valence-electron chi connectivity index (χ1n) is 5.72. The third kappa shape index (κ3) is 1.86. The molecule has 1 spiro atoms. The largest absolute Gasteiger partial charge is 0.344 e. The van der Waals surface area contributed by atoms with Gasteiger partial charge in [-0.3, -0.25) is 0 Å². The van der Waals surface area contributed by atoms with E-state index in [-0.39, 0.29) is 5.79 Å². The van der Waals surface area contributed by atoms with Crippen LogP contribution in [0.15, 0.2) is 11.6 Å². The minimum Gasteiger partial charge on any atom is -0.344 e. The Morgan fingerprint density at radius 2 is 1.93 bits per heavy atom. The maximum Gasteiger partial charge on any atom is 0.190 e. The maximum absolute atomic E-state index is 5.80. The van der Waals surface area contributed by atoms with Crippen molar-refractivity contribution in [3.63, 3.8) is 0 Å². The molecule has 0 amide bonds. The molecule has 0 unspecified atom stereocenters. The van der Waals surface area contributed by atoms with Crippen LogP contribution in [0.2, 0.25) is 0 Å². The molecule has 1 heterocycles. The minimum absolute atomic E-state index is 0.317. The summed E-state index contributed by atoms with van der Waals surface area (Å²) in [7, 11) is 0. The summed E-state index contributed by atoms with van der Waals surface area (Å²) in [5.74, 6) is 0.274. The summed E-state index contributed by atoms with van der Waals surface area (Å²) in [5.41, 5.74) is 1.39. The van der Waals surface area contributed by atoms with Crippen molar-refractivity contribution in [1.29, 1.82) is 0 Å². The molecule has 0 aromatic carbocycles. The van der Waals surface area contributed by atoms with E-state index in [4.69, 9.17) is 9.47 Å². The Bertz CT molecular complexity index is 224. The zero-order chi connectivity index (χ0) is 10.0. The molecule has 1 aliphatic heterocycles. The molecular weight excluding hydrogens is 176 g/mol. The Kier molecular flexibility index (Phi) is 2.93. The zero-order valence-electron chi connectivity index (χ0n) is 9.21. The van der Waals surface area contributed by atoms with Crippen LogP contribution in [0.4, 0.5) is 0 Å². The van der Waals surface area contributed by atoms with Gasteiger partial charge in [0.25, 0.3) is 0 Å². The molecule has 1 aliphatic carbocycles. The van der Waals surface area contributed by atoms with Crippen LogP contribution in [-0.2, 0) is 9.47 Å². The van der Waals surface area contributed by atoms with Gasteiger partial charge in [-0.25, -0.2) is 0 Å². The van der Waals surface area contributed by atoms with Crippen molar-refractivity contribution in [3.05, 3.63) is 11.6 Å². The van der Waals surface area contributed by atoms with Crippen LogP contribution in [0.25, 0.3) is 0 Å². The number of hydrogen-bond donors (Lipinski definition) is 0. The summed E-state index contributed by atoms with van der Waals surface area (Å²) in [6, 6.07) is 0. The molecule has 2 fully saturated rings. The maximum atomic E-state index is 5.80. The predicted octanol–water partition coefficient (Wildman–Crippen LogP) is 2.89. The second kappa shape index (κ2) is 4.03. The van der Waals surface area contributed by atoms with Crippen LogP contribution in [0, 0.1) is 5.92 Å². The Morgan fingerprint density at radius 3 is 2.57 bits per heavy atom. The van der Waals surface area contributed by atoms with Gasteiger partial charge in [-0.2, -0.15) is 0 Å². The lowest BCUT2D eigenvalue weighted by atomic mass is 9.87. The van der Waals surface area contributed by atoms with Crippen molar-refractivity contribution in [2.45, 2.75) is 45.3 Å². The van der Waals surface area contributed by atoms with E-state index in [9.17, 15) is 0 Å². The molecule has 0 N–H and O–H groups in total. The van der Waals surface area contributed by atoms with Crippen molar-refractivity contribution in [2.24, 2.45) is 5.92 Å². The van der Waals surface area contributed by atoms with Crippen LogP contribution >= 0.6 is 0 Å². The molecule has 2 rings (SSSR count). The van der Waals surface area contributed by atoms with E-state index in [1.807, 2.05) is 0 Å². The molecular formula is C12H20O2. The number of allylic oxidation sites excluding steroid dienone is 1. The third-order valence-corrected chi connectivity index (χ3v) is 2.98. The van der Waals surface area contributed by atoms with E-state index in [1.54, 1.807) is 0 Å². The van der Waals surface area contributed by atoms with E-state index >= 15 is 0 Å². The van der Waals surface area contributed by atoms with E-state index in [1.165, 1.54) is 18.4 Å². The fourth-order valence-corrected chi connectivity index (χ4v) is 2.42. The summed E-state index contributed by atoms with van der Waals surface area (Å²) >= 11 is 0. The smallest absolute Gasteiger partial charge is 0.190 e. The van der Waals surface area contributed by atoms with E-state index in [0.717, 1.165) is 26.1 Å². The Labute approximate surface area is 86.3 Å². The van der Waals surface area contributed by atoms with Crippen molar-refractivity contribution in [3.8, 4) is 0 Å². The second-order valence-electron chi connectivity index (χ2n) is 4.59. The molecule has 1 saturated carbocycles. The fourth-order valence-electron chi connectivity index (χ4n) is 2.42. The standard InChI is InChI=1S/C12H20O2/c1-10(2)9-11-5-3-4-6-12(11)13-7-8-14-12/h9-10H,3-8H2,1-2H3/b11-9+. The number of rotatable bonds is 1. The van der Waals surface area contributed by atoms with Gasteiger partial charge in [-0.15, -0.1) is 0 Å². The molecule has 0 atom stereocenters. The van der Waals surface area contributed by atoms with Gasteiger partial charge in [0.15, 0.2) is 5.79 Å². The normalized spacial score (nSPS) is 29.2. The van der Waals surface area contributed by atoms with Crippen molar-refractivity contribution in [2.75, 3.05) is 13.2 Å². The first-order chi connectivity index (χ1) is 6.73. The predicted molar refractivity (Wildman–Crippen MR) is 56.0 cm³/mol. The molecule has 0 aromatic heterocycles. The molecule has 0 bridgehead atoms. The second-order valence-corrected chi connectivity index (χ2v) is 4.59. The van der Waals surface area contributed by atoms with Crippen molar-refractivity contribution in [1.82, 2.24) is 0 Å². The number of hydrogen-bond acceptors (Lipinski definition) is 2. The molecule has 80 valence electrons. The average Bonchev–Trinajstić information content (AvgIpc) is 2.58. The van der Waals surface area contributed by atoms with Crippen molar-refractivity contribution >= 4 is 0 Å². The lowest BCUT2D eigenvalue weighted by Crippen LogP contribution is -2.35. The van der Waals surface area contributed by atoms with Gasteiger partial charge in [0.1, 0.15) is 0 Å². The molecule has 1 saturated heterocycles. The highest BCUT2D eigenvalue weighted by atomic mass is 16.7. The molecule has 14 heavy (non-hydrogen) atoms. The topological polar surface area (TPSA) is 18.5 Å². The van der Waals surface area contributed by atoms with Crippen molar-refractivity contribution < 1.29 is 9.47 Å². The minimum atomic E-state index is -0.317. The van der Waals surface area contributed by atoms with Crippen LogP contribution in [0.5, 0.6) is 0 Å². The van der Waals surface area contributed by atoms with E-state index < -0.39 is 0 Å². The first-order valence-corrected chi connectivity index (χ1v) is 5.72. The average molecular weight is 196 g/mol. The molecule has 0 aromatic rings. The lowest BCUT2D eigenvalue weighted by Gasteiger charge is -2.34. The quantitative estimate of drug-likeness (QED) is 0.600. The number of ether oxygens (including phenoxy) is 2. The van der Waals surface area contributed by atoms with Crippen LogP contribution in [-0.4, -0.2) is 19.0 Å². The molecule has 2 nitrogen and oxygen atoms in total. The zero-order valence-corrected chi connectivity index (χ0v) is 9.21. The van der Waals surface area contributed by atoms with Gasteiger partial charge in [0.2, 0.25) is 0 Å². The van der Waals surface area contributed by atoms with Gasteiger partial charge >= 0.3 is 0 Å². The summed E-state index contributed by atoms with van der Waals surface area (Å²) in [5, 5.41) is 0. The van der Waals surface area contributed by atoms with Gasteiger partial charge < -0.3 is 9.47 Å². The highest BCUT2D eigenvalue weighted by Crippen LogP contribution is 2.40. The Hall–Kier alpha value is -0.340. The van der Waals surface area contributed by atoms with Crippen LogP contribution < -0.4 is 0 Å². The molecule has 2 heteroatoms. The lowest BCUT2D eigenvalue weighted by molar-refractivity contribution is -0.140. The highest BCUT2D eigenvalue weighted by molar-refractivity contribution is 5.17. The Balaban J connectivity index is 2.18. The van der Waals surface area contributed by atoms with E-state index in [0.29, 0.717) is 5.92 Å². The fraction of sp³-hybridized carbons (Fsp3) is 0.833.